The van der Waals surface area contributed by atoms with Crippen LogP contribution in [0.3, 0.4) is 0 Å². The Morgan fingerprint density at radius 3 is 2.94 bits per heavy atom. The van der Waals surface area contributed by atoms with E-state index < -0.39 is 0 Å². The fourth-order valence-corrected chi connectivity index (χ4v) is 3.01. The second-order valence-corrected chi connectivity index (χ2v) is 5.29. The number of hydrogen-bond acceptors (Lipinski definition) is 3. The van der Waals surface area contributed by atoms with Crippen LogP contribution in [0.1, 0.15) is 33.1 Å². The molecule has 3 nitrogen and oxygen atoms in total. The number of ether oxygens (including phenoxy) is 1. The molecule has 3 atom stereocenters. The molecule has 1 N–H and O–H groups in total. The lowest BCUT2D eigenvalue weighted by atomic mass is 10.1. The summed E-state index contributed by atoms with van der Waals surface area (Å²) in [4.78, 5) is 2.65. The van der Waals surface area contributed by atoms with E-state index in [2.05, 4.69) is 24.1 Å². The molecular formula is C13H26N2O. The Labute approximate surface area is 99.5 Å². The maximum absolute atomic E-state index is 5.65. The summed E-state index contributed by atoms with van der Waals surface area (Å²) in [7, 11) is 0. The molecule has 0 saturated carbocycles. The van der Waals surface area contributed by atoms with Crippen molar-refractivity contribution in [2.75, 3.05) is 32.8 Å². The highest BCUT2D eigenvalue weighted by molar-refractivity contribution is 4.88. The van der Waals surface area contributed by atoms with Crippen LogP contribution in [0.25, 0.3) is 0 Å². The molecule has 0 aliphatic carbocycles. The Morgan fingerprint density at radius 2 is 2.25 bits per heavy atom. The third kappa shape index (κ3) is 2.96. The molecule has 2 saturated heterocycles. The van der Waals surface area contributed by atoms with E-state index in [9.17, 15) is 0 Å². The predicted molar refractivity (Wildman–Crippen MR) is 66.7 cm³/mol. The minimum Gasteiger partial charge on any atom is -0.377 e. The highest BCUT2D eigenvalue weighted by Gasteiger charge is 2.34. The summed E-state index contributed by atoms with van der Waals surface area (Å²) in [6.07, 6.45) is 4.28. The van der Waals surface area contributed by atoms with Gasteiger partial charge >= 0.3 is 0 Å². The second-order valence-electron chi connectivity index (χ2n) is 5.29. The fourth-order valence-electron chi connectivity index (χ4n) is 3.01. The van der Waals surface area contributed by atoms with E-state index in [-0.39, 0.29) is 0 Å². The van der Waals surface area contributed by atoms with Crippen LogP contribution in [0.4, 0.5) is 0 Å². The number of nitrogens with zero attached hydrogens (tertiary/aromatic N) is 1. The zero-order chi connectivity index (χ0) is 11.4. The van der Waals surface area contributed by atoms with Gasteiger partial charge in [-0.1, -0.05) is 6.92 Å². The molecule has 0 aromatic carbocycles. The molecule has 2 aliphatic heterocycles. The van der Waals surface area contributed by atoms with Crippen LogP contribution in [-0.2, 0) is 4.74 Å². The number of likely N-dealkylation sites (tertiary alicyclic amines) is 1. The maximum Gasteiger partial charge on any atom is 0.0703 e. The topological polar surface area (TPSA) is 24.5 Å². The summed E-state index contributed by atoms with van der Waals surface area (Å²) in [5.74, 6) is 0.861. The molecule has 16 heavy (non-hydrogen) atoms. The second kappa shape index (κ2) is 5.99. The van der Waals surface area contributed by atoms with Crippen LogP contribution in [0.5, 0.6) is 0 Å². The van der Waals surface area contributed by atoms with Crippen LogP contribution < -0.4 is 5.32 Å². The predicted octanol–water partition coefficient (Wildman–Crippen LogP) is 1.49. The molecule has 2 heterocycles. The van der Waals surface area contributed by atoms with Gasteiger partial charge in [0.1, 0.15) is 0 Å². The summed E-state index contributed by atoms with van der Waals surface area (Å²) < 4.78 is 5.65. The molecular weight excluding hydrogens is 200 g/mol. The lowest BCUT2D eigenvalue weighted by Gasteiger charge is -2.26. The van der Waals surface area contributed by atoms with Crippen LogP contribution in [0, 0.1) is 5.92 Å². The smallest absolute Gasteiger partial charge is 0.0703 e. The van der Waals surface area contributed by atoms with Gasteiger partial charge in [-0.25, -0.2) is 0 Å². The summed E-state index contributed by atoms with van der Waals surface area (Å²) >= 11 is 0. The molecule has 0 spiro atoms. The van der Waals surface area contributed by atoms with Gasteiger partial charge < -0.3 is 10.1 Å². The van der Waals surface area contributed by atoms with Crippen LogP contribution >= 0.6 is 0 Å². The quantitative estimate of drug-likeness (QED) is 0.719. The first kappa shape index (κ1) is 12.3. The molecule has 2 fully saturated rings. The Balaban J connectivity index is 1.70. The van der Waals surface area contributed by atoms with Crippen molar-refractivity contribution in [3.63, 3.8) is 0 Å². The molecule has 0 aromatic rings. The summed E-state index contributed by atoms with van der Waals surface area (Å²) in [5.41, 5.74) is 0. The summed E-state index contributed by atoms with van der Waals surface area (Å²) in [5, 5.41) is 3.54. The monoisotopic (exact) mass is 226 g/mol. The van der Waals surface area contributed by atoms with Crippen molar-refractivity contribution < 1.29 is 4.74 Å². The van der Waals surface area contributed by atoms with E-state index in [0.717, 1.165) is 12.5 Å². The average Bonchev–Trinajstić information content (AvgIpc) is 2.87. The first-order valence-electron chi connectivity index (χ1n) is 6.87. The molecule has 0 aromatic heterocycles. The van der Waals surface area contributed by atoms with E-state index in [1.54, 1.807) is 0 Å². The van der Waals surface area contributed by atoms with Gasteiger partial charge in [0, 0.05) is 19.2 Å². The lowest BCUT2D eigenvalue weighted by Crippen LogP contribution is -2.38. The Kier molecular flexibility index (Phi) is 4.62. The van der Waals surface area contributed by atoms with Crippen molar-refractivity contribution >= 4 is 0 Å². The van der Waals surface area contributed by atoms with Gasteiger partial charge in [-0.15, -0.1) is 0 Å². The van der Waals surface area contributed by atoms with Gasteiger partial charge in [0.2, 0.25) is 0 Å². The first-order valence-corrected chi connectivity index (χ1v) is 6.87. The SMILES string of the molecule is CCCNCC1CCN(C2CCOC2C)C1. The van der Waals surface area contributed by atoms with Gasteiger partial charge in [0.05, 0.1) is 6.10 Å². The minimum absolute atomic E-state index is 0.447. The Hall–Kier alpha value is -0.120. The first-order chi connectivity index (χ1) is 7.81. The van der Waals surface area contributed by atoms with Crippen molar-refractivity contribution in [1.29, 1.82) is 0 Å². The normalized spacial score (nSPS) is 36.0. The van der Waals surface area contributed by atoms with E-state index in [1.807, 2.05) is 0 Å². The Bertz CT molecular complexity index is 210. The van der Waals surface area contributed by atoms with Gasteiger partial charge in [-0.05, 0) is 51.7 Å². The van der Waals surface area contributed by atoms with Gasteiger partial charge in [0.25, 0.3) is 0 Å². The van der Waals surface area contributed by atoms with Gasteiger partial charge in [-0.2, -0.15) is 0 Å². The fraction of sp³-hybridized carbons (Fsp3) is 1.00. The van der Waals surface area contributed by atoms with Crippen LogP contribution in [-0.4, -0.2) is 49.8 Å². The summed E-state index contributed by atoms with van der Waals surface area (Å²) in [6.45, 7) is 10.3. The zero-order valence-electron chi connectivity index (χ0n) is 10.7. The van der Waals surface area contributed by atoms with Crippen molar-refractivity contribution in [1.82, 2.24) is 10.2 Å². The van der Waals surface area contributed by atoms with Gasteiger partial charge in [-0.3, -0.25) is 4.90 Å². The molecule has 3 unspecified atom stereocenters. The molecule has 0 bridgehead atoms. The summed E-state index contributed by atoms with van der Waals surface area (Å²) in [6, 6.07) is 0.691. The van der Waals surface area contributed by atoms with Crippen molar-refractivity contribution in [2.45, 2.75) is 45.3 Å². The number of nitrogens with one attached hydrogen (secondary N) is 1. The average molecular weight is 226 g/mol. The lowest BCUT2D eigenvalue weighted by molar-refractivity contribution is 0.0818. The maximum atomic E-state index is 5.65. The van der Waals surface area contributed by atoms with Crippen molar-refractivity contribution in [3.05, 3.63) is 0 Å². The third-order valence-corrected chi connectivity index (χ3v) is 3.98. The standard InChI is InChI=1S/C13H26N2O/c1-3-6-14-9-12-4-7-15(10-12)13-5-8-16-11(13)2/h11-14H,3-10H2,1-2H3. The number of rotatable bonds is 5. The van der Waals surface area contributed by atoms with E-state index in [1.165, 1.54) is 45.4 Å². The molecule has 3 heteroatoms. The molecule has 2 aliphatic rings. The van der Waals surface area contributed by atoms with Gasteiger partial charge in [0.15, 0.2) is 0 Å². The third-order valence-electron chi connectivity index (χ3n) is 3.98. The molecule has 0 amide bonds. The zero-order valence-corrected chi connectivity index (χ0v) is 10.7. The molecule has 0 radical (unpaired) electrons. The van der Waals surface area contributed by atoms with E-state index in [0.29, 0.717) is 12.1 Å². The number of hydrogen-bond donors (Lipinski definition) is 1. The highest BCUT2D eigenvalue weighted by atomic mass is 16.5. The Morgan fingerprint density at radius 1 is 1.38 bits per heavy atom. The van der Waals surface area contributed by atoms with Crippen molar-refractivity contribution in [2.24, 2.45) is 5.92 Å². The molecule has 2 rings (SSSR count). The van der Waals surface area contributed by atoms with E-state index in [4.69, 9.17) is 4.74 Å². The van der Waals surface area contributed by atoms with Crippen LogP contribution in [0.2, 0.25) is 0 Å². The largest absolute Gasteiger partial charge is 0.377 e. The van der Waals surface area contributed by atoms with Crippen LogP contribution in [0.15, 0.2) is 0 Å². The highest BCUT2D eigenvalue weighted by Crippen LogP contribution is 2.25. The molecule has 94 valence electrons. The van der Waals surface area contributed by atoms with E-state index >= 15 is 0 Å². The van der Waals surface area contributed by atoms with Crippen molar-refractivity contribution in [3.8, 4) is 0 Å². The minimum atomic E-state index is 0.447.